The van der Waals surface area contributed by atoms with Gasteiger partial charge in [-0.1, -0.05) is 59.7 Å². The van der Waals surface area contributed by atoms with Crippen molar-refractivity contribution in [1.82, 2.24) is 0 Å². The number of azide groups is 1. The topological polar surface area (TPSA) is 65.8 Å². The summed E-state index contributed by atoms with van der Waals surface area (Å²) in [6, 6.07) is 16.2. The van der Waals surface area contributed by atoms with Gasteiger partial charge in [-0.3, -0.25) is 4.79 Å². The Morgan fingerprint density at radius 1 is 1.00 bits per heavy atom. The van der Waals surface area contributed by atoms with Gasteiger partial charge in [0.1, 0.15) is 0 Å². The largest absolute Gasteiger partial charge is 0.289 e. The van der Waals surface area contributed by atoms with Crippen molar-refractivity contribution in [3.63, 3.8) is 0 Å². The van der Waals surface area contributed by atoms with Crippen LogP contribution >= 0.6 is 0 Å². The van der Waals surface area contributed by atoms with Gasteiger partial charge in [-0.15, -0.1) is 0 Å². The molecule has 0 radical (unpaired) electrons. The van der Waals surface area contributed by atoms with Gasteiger partial charge in [0.05, 0.1) is 6.54 Å². The summed E-state index contributed by atoms with van der Waals surface area (Å²) < 4.78 is 0. The molecule has 2 rings (SSSR count). The lowest BCUT2D eigenvalue weighted by Gasteiger charge is -2.02. The van der Waals surface area contributed by atoms with E-state index in [1.807, 2.05) is 18.2 Å². The van der Waals surface area contributed by atoms with Crippen molar-refractivity contribution in [1.29, 1.82) is 0 Å². The van der Waals surface area contributed by atoms with Crippen molar-refractivity contribution >= 4 is 5.78 Å². The second-order valence-electron chi connectivity index (χ2n) is 3.78. The maximum Gasteiger partial charge on any atom is 0.193 e. The molecule has 0 saturated heterocycles. The first-order chi connectivity index (χ1) is 8.81. The molecule has 0 amide bonds. The van der Waals surface area contributed by atoms with Crippen molar-refractivity contribution < 1.29 is 4.79 Å². The van der Waals surface area contributed by atoms with E-state index in [0.717, 1.165) is 5.56 Å². The van der Waals surface area contributed by atoms with E-state index >= 15 is 0 Å². The van der Waals surface area contributed by atoms with Crippen molar-refractivity contribution in [2.24, 2.45) is 5.11 Å². The van der Waals surface area contributed by atoms with E-state index in [0.29, 0.717) is 17.7 Å². The summed E-state index contributed by atoms with van der Waals surface area (Å²) in [4.78, 5) is 14.8. The normalized spacial score (nSPS) is 9.56. The zero-order chi connectivity index (χ0) is 12.8. The van der Waals surface area contributed by atoms with Gasteiger partial charge in [-0.2, -0.15) is 0 Å². The molecule has 0 aliphatic carbocycles. The van der Waals surface area contributed by atoms with Crippen molar-refractivity contribution in [3.8, 4) is 0 Å². The highest BCUT2D eigenvalue weighted by molar-refractivity contribution is 6.08. The van der Waals surface area contributed by atoms with Crippen LogP contribution in [0.5, 0.6) is 0 Å². The van der Waals surface area contributed by atoms with Gasteiger partial charge >= 0.3 is 0 Å². The highest BCUT2D eigenvalue weighted by Crippen LogP contribution is 2.11. The summed E-state index contributed by atoms with van der Waals surface area (Å²) in [6.45, 7) is 0.302. The standard InChI is InChI=1S/C14H11N3O/c15-17-16-10-11-6-8-13(9-7-11)14(18)12-4-2-1-3-5-12/h1-9H,10H2. The van der Waals surface area contributed by atoms with Gasteiger partial charge in [0.15, 0.2) is 5.78 Å². The molecule has 4 nitrogen and oxygen atoms in total. The molecule has 0 aliphatic heterocycles. The number of nitrogens with zero attached hydrogens (tertiary/aromatic N) is 3. The minimum absolute atomic E-state index is 0.00839. The monoisotopic (exact) mass is 237 g/mol. The maximum atomic E-state index is 12.1. The number of carbonyl (C=O) groups is 1. The first-order valence-electron chi connectivity index (χ1n) is 5.51. The number of rotatable bonds is 4. The first kappa shape index (κ1) is 11.9. The molecular weight excluding hydrogens is 226 g/mol. The molecule has 2 aromatic carbocycles. The highest BCUT2D eigenvalue weighted by atomic mass is 16.1. The predicted octanol–water partition coefficient (Wildman–Crippen LogP) is 3.73. The van der Waals surface area contributed by atoms with Crippen LogP contribution in [-0.4, -0.2) is 5.78 Å². The molecule has 4 heteroatoms. The third-order valence-electron chi connectivity index (χ3n) is 2.57. The van der Waals surface area contributed by atoms with Gasteiger partial charge in [0, 0.05) is 16.0 Å². The first-order valence-corrected chi connectivity index (χ1v) is 5.51. The van der Waals surface area contributed by atoms with Crippen LogP contribution < -0.4 is 0 Å². The summed E-state index contributed by atoms with van der Waals surface area (Å²) >= 11 is 0. The maximum absolute atomic E-state index is 12.1. The molecule has 18 heavy (non-hydrogen) atoms. The van der Waals surface area contributed by atoms with Gasteiger partial charge in [-0.25, -0.2) is 0 Å². The Kier molecular flexibility index (Phi) is 3.74. The molecule has 0 aromatic heterocycles. The smallest absolute Gasteiger partial charge is 0.193 e. The average molecular weight is 237 g/mol. The average Bonchev–Trinajstić information content (AvgIpc) is 2.46. The molecule has 0 fully saturated rings. The van der Waals surface area contributed by atoms with Crippen LogP contribution in [0.25, 0.3) is 10.4 Å². The van der Waals surface area contributed by atoms with Crippen LogP contribution in [0, 0.1) is 0 Å². The van der Waals surface area contributed by atoms with Crippen molar-refractivity contribution in [3.05, 3.63) is 81.7 Å². The Morgan fingerprint density at radius 3 is 2.22 bits per heavy atom. The minimum Gasteiger partial charge on any atom is -0.289 e. The summed E-state index contributed by atoms with van der Waals surface area (Å²) in [5, 5.41) is 3.47. The van der Waals surface area contributed by atoms with Crippen LogP contribution in [0.3, 0.4) is 0 Å². The molecule has 0 heterocycles. The Balaban J connectivity index is 2.19. The van der Waals surface area contributed by atoms with Gasteiger partial charge in [0.2, 0.25) is 0 Å². The fourth-order valence-corrected chi connectivity index (χ4v) is 1.63. The van der Waals surface area contributed by atoms with Gasteiger partial charge in [-0.05, 0) is 11.1 Å². The zero-order valence-electron chi connectivity index (χ0n) is 9.65. The second kappa shape index (κ2) is 5.66. The fourth-order valence-electron chi connectivity index (χ4n) is 1.63. The molecule has 0 unspecified atom stereocenters. The molecule has 2 aromatic rings. The lowest BCUT2D eigenvalue weighted by molar-refractivity contribution is 0.103. The minimum atomic E-state index is -0.00839. The summed E-state index contributed by atoms with van der Waals surface area (Å²) in [6.07, 6.45) is 0. The number of hydrogen-bond donors (Lipinski definition) is 0. The third kappa shape index (κ3) is 2.75. The van der Waals surface area contributed by atoms with Gasteiger partial charge < -0.3 is 0 Å². The van der Waals surface area contributed by atoms with Crippen LogP contribution in [0.1, 0.15) is 21.5 Å². The molecule has 88 valence electrons. The van der Waals surface area contributed by atoms with Crippen LogP contribution in [0.2, 0.25) is 0 Å². The number of ketones is 1. The number of benzene rings is 2. The summed E-state index contributed by atoms with van der Waals surface area (Å²) in [7, 11) is 0. The van der Waals surface area contributed by atoms with Crippen molar-refractivity contribution in [2.75, 3.05) is 0 Å². The Morgan fingerprint density at radius 2 is 1.61 bits per heavy atom. The number of hydrogen-bond acceptors (Lipinski definition) is 2. The lowest BCUT2D eigenvalue weighted by atomic mass is 10.0. The van der Waals surface area contributed by atoms with E-state index in [-0.39, 0.29) is 5.78 Å². The Hall–Kier alpha value is -2.58. The molecule has 0 atom stereocenters. The molecule has 0 saturated carbocycles. The highest BCUT2D eigenvalue weighted by Gasteiger charge is 2.07. The number of carbonyl (C=O) groups excluding carboxylic acids is 1. The molecule has 0 bridgehead atoms. The van der Waals surface area contributed by atoms with Crippen LogP contribution in [-0.2, 0) is 6.54 Å². The van der Waals surface area contributed by atoms with E-state index in [1.165, 1.54) is 0 Å². The second-order valence-corrected chi connectivity index (χ2v) is 3.78. The van der Waals surface area contributed by atoms with Crippen LogP contribution in [0.4, 0.5) is 0 Å². The molecule has 0 aliphatic rings. The van der Waals surface area contributed by atoms with Crippen molar-refractivity contribution in [2.45, 2.75) is 6.54 Å². The van der Waals surface area contributed by atoms with E-state index in [2.05, 4.69) is 10.0 Å². The fraction of sp³-hybridized carbons (Fsp3) is 0.0714. The Labute approximate surface area is 105 Å². The SMILES string of the molecule is [N-]=[N+]=NCc1ccc(C(=O)c2ccccc2)cc1. The van der Waals surface area contributed by atoms with Gasteiger partial charge in [0.25, 0.3) is 0 Å². The van der Waals surface area contributed by atoms with E-state index < -0.39 is 0 Å². The molecule has 0 spiro atoms. The predicted molar refractivity (Wildman–Crippen MR) is 69.2 cm³/mol. The molecule has 0 N–H and O–H groups in total. The quantitative estimate of drug-likeness (QED) is 0.346. The summed E-state index contributed by atoms with van der Waals surface area (Å²) in [5.74, 6) is -0.00839. The summed E-state index contributed by atoms with van der Waals surface area (Å²) in [5.41, 5.74) is 10.4. The zero-order valence-corrected chi connectivity index (χ0v) is 9.65. The molecular formula is C14H11N3O. The lowest BCUT2D eigenvalue weighted by Crippen LogP contribution is -2.00. The van der Waals surface area contributed by atoms with E-state index in [1.54, 1.807) is 36.4 Å². The van der Waals surface area contributed by atoms with E-state index in [9.17, 15) is 4.79 Å². The Bertz CT molecular complexity index is 584. The third-order valence-corrected chi connectivity index (χ3v) is 2.57. The van der Waals surface area contributed by atoms with Crippen LogP contribution in [0.15, 0.2) is 59.7 Å². The van der Waals surface area contributed by atoms with E-state index in [4.69, 9.17) is 5.53 Å².